The predicted octanol–water partition coefficient (Wildman–Crippen LogP) is 3.15. The Bertz CT molecular complexity index is 497. The van der Waals surface area contributed by atoms with Gasteiger partial charge in [0, 0.05) is 10.4 Å². The van der Waals surface area contributed by atoms with Gasteiger partial charge in [0.05, 0.1) is 5.69 Å². The second-order valence-corrected chi connectivity index (χ2v) is 5.01. The largest absolute Gasteiger partial charge is 0.486 e. The maximum Gasteiger partial charge on any atom is 0.150 e. The summed E-state index contributed by atoms with van der Waals surface area (Å²) >= 11 is 1.65. The number of ether oxygens (including phenoxy) is 1. The number of hydrogen-bond donors (Lipinski definition) is 0. The Morgan fingerprint density at radius 1 is 1.29 bits per heavy atom. The van der Waals surface area contributed by atoms with Crippen molar-refractivity contribution >= 4 is 17.6 Å². The molecular weight excluding hydrogens is 234 g/mol. The molecule has 4 heteroatoms. The van der Waals surface area contributed by atoms with E-state index in [4.69, 9.17) is 4.74 Å². The highest BCUT2D eigenvalue weighted by molar-refractivity contribution is 7.11. The van der Waals surface area contributed by atoms with Gasteiger partial charge in [0.1, 0.15) is 23.7 Å². The molecule has 0 amide bonds. The van der Waals surface area contributed by atoms with Crippen molar-refractivity contribution in [2.75, 3.05) is 0 Å². The van der Waals surface area contributed by atoms with E-state index in [0.717, 1.165) is 22.7 Å². The lowest BCUT2D eigenvalue weighted by Crippen LogP contribution is -1.94. The molecule has 1 heterocycles. The van der Waals surface area contributed by atoms with E-state index < -0.39 is 0 Å². The van der Waals surface area contributed by atoms with Crippen LogP contribution in [0.25, 0.3) is 0 Å². The Morgan fingerprint density at radius 3 is 2.53 bits per heavy atom. The summed E-state index contributed by atoms with van der Waals surface area (Å²) in [5, 5.41) is 0.972. The van der Waals surface area contributed by atoms with Gasteiger partial charge in [0.2, 0.25) is 0 Å². The fourth-order valence-corrected chi connectivity index (χ4v) is 2.24. The van der Waals surface area contributed by atoms with Crippen LogP contribution < -0.4 is 4.74 Å². The van der Waals surface area contributed by atoms with E-state index in [1.807, 2.05) is 6.92 Å². The van der Waals surface area contributed by atoms with Crippen LogP contribution in [0, 0.1) is 13.8 Å². The maximum absolute atomic E-state index is 10.5. The summed E-state index contributed by atoms with van der Waals surface area (Å²) in [5.74, 6) is 0.751. The van der Waals surface area contributed by atoms with E-state index in [0.29, 0.717) is 12.2 Å². The topological polar surface area (TPSA) is 39.2 Å². The van der Waals surface area contributed by atoms with E-state index in [1.54, 1.807) is 35.6 Å². The number of benzene rings is 1. The molecule has 0 aliphatic rings. The van der Waals surface area contributed by atoms with E-state index in [2.05, 4.69) is 11.9 Å². The number of nitrogens with zero attached hydrogens (tertiary/aromatic N) is 1. The Morgan fingerprint density at radius 2 is 2.00 bits per heavy atom. The third kappa shape index (κ3) is 2.91. The molecule has 1 aromatic heterocycles. The summed E-state index contributed by atoms with van der Waals surface area (Å²) in [7, 11) is 0. The molecule has 0 saturated carbocycles. The zero-order chi connectivity index (χ0) is 12.3. The minimum absolute atomic E-state index is 0.472. The van der Waals surface area contributed by atoms with E-state index >= 15 is 0 Å². The third-order valence-corrected chi connectivity index (χ3v) is 3.50. The average molecular weight is 247 g/mol. The van der Waals surface area contributed by atoms with Gasteiger partial charge in [-0.05, 0) is 38.1 Å². The molecule has 1 aromatic carbocycles. The molecule has 2 rings (SSSR count). The molecule has 0 spiro atoms. The lowest BCUT2D eigenvalue weighted by molar-refractivity contribution is 0.112. The van der Waals surface area contributed by atoms with Crippen LogP contribution in [0.1, 0.15) is 25.9 Å². The van der Waals surface area contributed by atoms with Crippen LogP contribution >= 0.6 is 11.3 Å². The smallest absolute Gasteiger partial charge is 0.150 e. The van der Waals surface area contributed by atoms with Crippen molar-refractivity contribution in [3.05, 3.63) is 45.4 Å². The van der Waals surface area contributed by atoms with Crippen LogP contribution in [0.2, 0.25) is 0 Å². The molecule has 88 valence electrons. The van der Waals surface area contributed by atoms with Crippen LogP contribution in [0.5, 0.6) is 5.75 Å². The Hall–Kier alpha value is -1.68. The van der Waals surface area contributed by atoms with Gasteiger partial charge in [-0.2, -0.15) is 0 Å². The fourth-order valence-electron chi connectivity index (χ4n) is 1.39. The maximum atomic E-state index is 10.5. The van der Waals surface area contributed by atoms with Crippen molar-refractivity contribution in [1.29, 1.82) is 0 Å². The molecule has 0 aliphatic heterocycles. The van der Waals surface area contributed by atoms with E-state index in [-0.39, 0.29) is 0 Å². The molecular formula is C13H13NO2S. The number of aromatic nitrogens is 1. The van der Waals surface area contributed by atoms with Crippen LogP contribution in [-0.4, -0.2) is 11.3 Å². The molecule has 0 fully saturated rings. The number of rotatable bonds is 4. The monoisotopic (exact) mass is 247 g/mol. The molecule has 0 N–H and O–H groups in total. The van der Waals surface area contributed by atoms with Gasteiger partial charge in [0.15, 0.2) is 0 Å². The molecule has 0 aliphatic carbocycles. The Labute approximate surface area is 104 Å². The minimum atomic E-state index is 0.472. The van der Waals surface area contributed by atoms with Crippen molar-refractivity contribution in [2.24, 2.45) is 0 Å². The number of aldehydes is 1. The van der Waals surface area contributed by atoms with Gasteiger partial charge in [0.25, 0.3) is 0 Å². The van der Waals surface area contributed by atoms with Crippen molar-refractivity contribution in [3.8, 4) is 5.75 Å². The third-order valence-electron chi connectivity index (χ3n) is 2.45. The molecule has 0 unspecified atom stereocenters. The van der Waals surface area contributed by atoms with Gasteiger partial charge in [-0.3, -0.25) is 4.79 Å². The predicted molar refractivity (Wildman–Crippen MR) is 67.7 cm³/mol. The van der Waals surface area contributed by atoms with Crippen molar-refractivity contribution in [1.82, 2.24) is 4.98 Å². The normalized spacial score (nSPS) is 10.2. The number of carbonyl (C=O) groups excluding carboxylic acids is 1. The molecule has 0 saturated heterocycles. The summed E-state index contributed by atoms with van der Waals surface area (Å²) in [4.78, 5) is 16.1. The van der Waals surface area contributed by atoms with Crippen LogP contribution in [0.3, 0.4) is 0 Å². The number of carbonyl (C=O) groups is 1. The highest BCUT2D eigenvalue weighted by atomic mass is 32.1. The second kappa shape index (κ2) is 5.10. The van der Waals surface area contributed by atoms with Gasteiger partial charge in [-0.1, -0.05) is 0 Å². The highest BCUT2D eigenvalue weighted by Gasteiger charge is 2.04. The van der Waals surface area contributed by atoms with Crippen LogP contribution in [-0.2, 0) is 6.61 Å². The molecule has 0 radical (unpaired) electrons. The minimum Gasteiger partial charge on any atom is -0.486 e. The fraction of sp³-hybridized carbons (Fsp3) is 0.231. The van der Waals surface area contributed by atoms with Crippen molar-refractivity contribution in [3.63, 3.8) is 0 Å². The quantitative estimate of drug-likeness (QED) is 0.779. The highest BCUT2D eigenvalue weighted by Crippen LogP contribution is 2.19. The lowest BCUT2D eigenvalue weighted by Gasteiger charge is -2.03. The zero-order valence-corrected chi connectivity index (χ0v) is 10.6. The number of hydrogen-bond acceptors (Lipinski definition) is 4. The summed E-state index contributed by atoms with van der Waals surface area (Å²) in [5.41, 5.74) is 1.71. The summed E-state index contributed by atoms with van der Waals surface area (Å²) in [6, 6.07) is 7.05. The summed E-state index contributed by atoms with van der Waals surface area (Å²) in [6.07, 6.45) is 0.817. The number of thiazole rings is 1. The first-order valence-electron chi connectivity index (χ1n) is 5.30. The van der Waals surface area contributed by atoms with E-state index in [1.165, 1.54) is 4.88 Å². The molecule has 3 nitrogen and oxygen atoms in total. The Kier molecular flexibility index (Phi) is 3.54. The van der Waals surface area contributed by atoms with E-state index in [9.17, 15) is 4.79 Å². The van der Waals surface area contributed by atoms with Gasteiger partial charge in [-0.25, -0.2) is 4.98 Å². The van der Waals surface area contributed by atoms with Gasteiger partial charge < -0.3 is 4.74 Å². The van der Waals surface area contributed by atoms with Crippen molar-refractivity contribution in [2.45, 2.75) is 20.5 Å². The second-order valence-electron chi connectivity index (χ2n) is 3.72. The van der Waals surface area contributed by atoms with Gasteiger partial charge in [-0.15, -0.1) is 11.3 Å². The van der Waals surface area contributed by atoms with Crippen molar-refractivity contribution < 1.29 is 9.53 Å². The number of aryl methyl sites for hydroxylation is 2. The molecule has 0 bridgehead atoms. The average Bonchev–Trinajstić information content (AvgIpc) is 2.67. The van der Waals surface area contributed by atoms with Crippen LogP contribution in [0.4, 0.5) is 0 Å². The summed E-state index contributed by atoms with van der Waals surface area (Å²) < 4.78 is 5.59. The van der Waals surface area contributed by atoms with Crippen LogP contribution in [0.15, 0.2) is 24.3 Å². The first kappa shape index (κ1) is 11.8. The molecule has 17 heavy (non-hydrogen) atoms. The Balaban J connectivity index is 1.99. The molecule has 2 aromatic rings. The standard InChI is InChI=1S/C13H13NO2S/c1-9-10(2)17-13(14-9)8-16-12-5-3-11(7-15)4-6-12/h3-7H,8H2,1-2H3. The first-order chi connectivity index (χ1) is 8.19. The molecule has 0 atom stereocenters. The van der Waals surface area contributed by atoms with Gasteiger partial charge >= 0.3 is 0 Å². The first-order valence-corrected chi connectivity index (χ1v) is 6.11. The zero-order valence-electron chi connectivity index (χ0n) is 9.77. The summed E-state index contributed by atoms with van der Waals surface area (Å²) in [6.45, 7) is 4.52. The lowest BCUT2D eigenvalue weighted by atomic mass is 10.2. The SMILES string of the molecule is Cc1nc(COc2ccc(C=O)cc2)sc1C.